The first-order chi connectivity index (χ1) is 5.63. The fourth-order valence-corrected chi connectivity index (χ4v) is 1.03. The van der Waals surface area contributed by atoms with Gasteiger partial charge in [-0.3, -0.25) is 10.1 Å². The Balaban J connectivity index is 2.98. The van der Waals surface area contributed by atoms with Crippen LogP contribution in [0.15, 0.2) is 23.4 Å². The number of aliphatic carboxylic acids is 1. The second-order valence-electron chi connectivity index (χ2n) is 2.35. The first kappa shape index (κ1) is 8.45. The molecule has 0 radical (unpaired) electrons. The number of hydrogen-bond acceptors (Lipinski definition) is 3. The molecule has 0 bridgehead atoms. The van der Waals surface area contributed by atoms with E-state index >= 15 is 0 Å². The highest BCUT2D eigenvalue weighted by molar-refractivity contribution is 5.91. The van der Waals surface area contributed by atoms with E-state index in [9.17, 15) is 14.9 Å². The molecule has 64 valence electrons. The van der Waals surface area contributed by atoms with Crippen LogP contribution in [0.3, 0.4) is 0 Å². The van der Waals surface area contributed by atoms with Gasteiger partial charge in [-0.1, -0.05) is 6.08 Å². The molecule has 1 rings (SSSR count). The van der Waals surface area contributed by atoms with E-state index in [0.717, 1.165) is 0 Å². The molecule has 0 amide bonds. The Kier molecular flexibility index (Phi) is 2.23. The van der Waals surface area contributed by atoms with Crippen LogP contribution in [0.5, 0.6) is 0 Å². The molecule has 1 aliphatic carbocycles. The van der Waals surface area contributed by atoms with Crippen molar-refractivity contribution < 1.29 is 14.8 Å². The van der Waals surface area contributed by atoms with Gasteiger partial charge in [0.25, 0.3) is 5.70 Å². The van der Waals surface area contributed by atoms with Crippen molar-refractivity contribution in [3.63, 3.8) is 0 Å². The molecule has 5 heteroatoms. The van der Waals surface area contributed by atoms with E-state index in [1.165, 1.54) is 12.2 Å². The maximum absolute atomic E-state index is 10.5. The highest BCUT2D eigenvalue weighted by Gasteiger charge is 2.24. The second kappa shape index (κ2) is 3.17. The van der Waals surface area contributed by atoms with Gasteiger partial charge in [-0.25, -0.2) is 4.79 Å². The minimum atomic E-state index is -1.24. The predicted molar refractivity (Wildman–Crippen MR) is 40.0 cm³/mol. The molecule has 0 saturated carbocycles. The summed E-state index contributed by atoms with van der Waals surface area (Å²) in [5.41, 5.74) is -0.500. The molecular formula is C7H7NO4. The average Bonchev–Trinajstić information content (AvgIpc) is 2.04. The standard InChI is InChI=1S/C7H7NO4/c9-7(10)5-3-1-2-4-6(5)8(11)12/h3-4H,1-2H2,(H,9,10). The zero-order valence-electron chi connectivity index (χ0n) is 6.19. The van der Waals surface area contributed by atoms with Crippen molar-refractivity contribution >= 4 is 5.97 Å². The average molecular weight is 169 g/mol. The molecule has 0 aromatic carbocycles. The summed E-state index contributed by atoms with van der Waals surface area (Å²) >= 11 is 0. The van der Waals surface area contributed by atoms with Crippen LogP contribution in [0.1, 0.15) is 12.8 Å². The van der Waals surface area contributed by atoms with Crippen molar-refractivity contribution in [1.29, 1.82) is 0 Å². The van der Waals surface area contributed by atoms with Crippen LogP contribution in [0.4, 0.5) is 0 Å². The number of rotatable bonds is 2. The molecule has 1 N–H and O–H groups in total. The van der Waals surface area contributed by atoms with Crippen molar-refractivity contribution in [2.24, 2.45) is 0 Å². The normalized spacial score (nSPS) is 16.3. The van der Waals surface area contributed by atoms with Gasteiger partial charge in [-0.15, -0.1) is 0 Å². The fraction of sp³-hybridized carbons (Fsp3) is 0.286. The summed E-state index contributed by atoms with van der Waals surface area (Å²) in [5, 5.41) is 18.8. The molecular weight excluding hydrogens is 162 g/mol. The van der Waals surface area contributed by atoms with E-state index in [2.05, 4.69) is 0 Å². The van der Waals surface area contributed by atoms with Crippen LogP contribution in [0.2, 0.25) is 0 Å². The molecule has 0 aromatic rings. The maximum Gasteiger partial charge on any atom is 0.342 e. The SMILES string of the molecule is O=C(O)C1=CCCC=C1[N+](=O)[O-]. The van der Waals surface area contributed by atoms with Gasteiger partial charge in [0.2, 0.25) is 0 Å². The van der Waals surface area contributed by atoms with E-state index in [-0.39, 0.29) is 11.3 Å². The van der Waals surface area contributed by atoms with Crippen LogP contribution in [0, 0.1) is 10.1 Å². The van der Waals surface area contributed by atoms with Gasteiger partial charge in [-0.05, 0) is 18.9 Å². The highest BCUT2D eigenvalue weighted by atomic mass is 16.6. The lowest BCUT2D eigenvalue weighted by Crippen LogP contribution is -2.12. The summed E-state index contributed by atoms with van der Waals surface area (Å²) < 4.78 is 0. The largest absolute Gasteiger partial charge is 0.477 e. The van der Waals surface area contributed by atoms with Crippen molar-refractivity contribution in [1.82, 2.24) is 0 Å². The molecule has 0 fully saturated rings. The van der Waals surface area contributed by atoms with Crippen LogP contribution < -0.4 is 0 Å². The number of carboxylic acids is 1. The lowest BCUT2D eigenvalue weighted by atomic mass is 10.0. The summed E-state index contributed by atoms with van der Waals surface area (Å²) in [6.07, 6.45) is 3.80. The molecule has 0 aromatic heterocycles. The molecule has 0 atom stereocenters. The van der Waals surface area contributed by atoms with Gasteiger partial charge in [0.15, 0.2) is 0 Å². The Morgan fingerprint density at radius 3 is 2.50 bits per heavy atom. The summed E-state index contributed by atoms with van der Waals surface area (Å²) in [6, 6.07) is 0. The molecule has 0 heterocycles. The molecule has 0 spiro atoms. The monoisotopic (exact) mass is 169 g/mol. The smallest absolute Gasteiger partial charge is 0.342 e. The molecule has 0 unspecified atom stereocenters. The number of allylic oxidation sites excluding steroid dienone is 2. The Hall–Kier alpha value is -1.65. The Morgan fingerprint density at radius 1 is 1.50 bits per heavy atom. The molecule has 5 nitrogen and oxygen atoms in total. The number of hydrogen-bond donors (Lipinski definition) is 1. The van der Waals surface area contributed by atoms with Crippen LogP contribution >= 0.6 is 0 Å². The lowest BCUT2D eigenvalue weighted by Gasteiger charge is -2.03. The topological polar surface area (TPSA) is 80.4 Å². The van der Waals surface area contributed by atoms with Gasteiger partial charge < -0.3 is 5.11 Å². The van der Waals surface area contributed by atoms with E-state index < -0.39 is 10.9 Å². The van der Waals surface area contributed by atoms with Crippen molar-refractivity contribution in [2.75, 3.05) is 0 Å². The van der Waals surface area contributed by atoms with Gasteiger partial charge in [-0.2, -0.15) is 0 Å². The summed E-state index contributed by atoms with van der Waals surface area (Å²) in [5.74, 6) is -1.24. The van der Waals surface area contributed by atoms with E-state index in [1.807, 2.05) is 0 Å². The number of carboxylic acid groups (broad SMARTS) is 1. The Bertz CT molecular complexity index is 260. The minimum absolute atomic E-state index is 0.203. The van der Waals surface area contributed by atoms with Crippen LogP contribution in [-0.2, 0) is 4.79 Å². The molecule has 0 aliphatic heterocycles. The highest BCUT2D eigenvalue weighted by Crippen LogP contribution is 2.18. The van der Waals surface area contributed by atoms with E-state index in [4.69, 9.17) is 5.11 Å². The van der Waals surface area contributed by atoms with Gasteiger partial charge in [0.05, 0.1) is 4.92 Å². The third-order valence-corrected chi connectivity index (χ3v) is 1.56. The van der Waals surface area contributed by atoms with E-state index in [0.29, 0.717) is 12.8 Å². The van der Waals surface area contributed by atoms with Crippen molar-refractivity contribution in [2.45, 2.75) is 12.8 Å². The van der Waals surface area contributed by atoms with E-state index in [1.54, 1.807) is 0 Å². The quantitative estimate of drug-likeness (QED) is 0.493. The first-order valence-electron chi connectivity index (χ1n) is 3.41. The Labute approximate surface area is 68.2 Å². The maximum atomic E-state index is 10.5. The molecule has 0 saturated heterocycles. The zero-order valence-corrected chi connectivity index (χ0v) is 6.19. The molecule has 1 aliphatic rings. The van der Waals surface area contributed by atoms with Crippen molar-refractivity contribution in [3.05, 3.63) is 33.5 Å². The Morgan fingerprint density at radius 2 is 2.08 bits per heavy atom. The van der Waals surface area contributed by atoms with Crippen molar-refractivity contribution in [3.8, 4) is 0 Å². The van der Waals surface area contributed by atoms with Gasteiger partial charge in [0, 0.05) is 0 Å². The number of nitrogens with zero attached hydrogens (tertiary/aromatic N) is 1. The van der Waals surface area contributed by atoms with Crippen LogP contribution in [-0.4, -0.2) is 16.0 Å². The first-order valence-corrected chi connectivity index (χ1v) is 3.41. The van der Waals surface area contributed by atoms with Gasteiger partial charge >= 0.3 is 5.97 Å². The van der Waals surface area contributed by atoms with Crippen LogP contribution in [0.25, 0.3) is 0 Å². The third kappa shape index (κ3) is 1.50. The second-order valence-corrected chi connectivity index (χ2v) is 2.35. The zero-order chi connectivity index (χ0) is 9.14. The summed E-state index contributed by atoms with van der Waals surface area (Å²) in [6.45, 7) is 0. The lowest BCUT2D eigenvalue weighted by molar-refractivity contribution is -0.421. The number of carbonyl (C=O) groups is 1. The molecule has 12 heavy (non-hydrogen) atoms. The minimum Gasteiger partial charge on any atom is -0.477 e. The van der Waals surface area contributed by atoms with Gasteiger partial charge in [0.1, 0.15) is 5.57 Å². The third-order valence-electron chi connectivity index (χ3n) is 1.56. The summed E-state index contributed by atoms with van der Waals surface area (Å²) in [7, 11) is 0. The fourth-order valence-electron chi connectivity index (χ4n) is 1.03. The number of nitro groups is 1. The predicted octanol–water partition coefficient (Wildman–Crippen LogP) is 0.952. The summed E-state index contributed by atoms with van der Waals surface area (Å²) in [4.78, 5) is 20.1.